The third kappa shape index (κ3) is 2.28. The molecule has 0 amide bonds. The van der Waals surface area contributed by atoms with E-state index in [-0.39, 0.29) is 18.4 Å². The zero-order chi connectivity index (χ0) is 10.9. The molecule has 0 aromatic heterocycles. The van der Waals surface area contributed by atoms with Gasteiger partial charge in [-0.1, -0.05) is 6.92 Å². The molecule has 1 aliphatic rings. The number of nitrogens with zero attached hydrogens (tertiary/aromatic N) is 1. The summed E-state index contributed by atoms with van der Waals surface area (Å²) >= 11 is 0. The van der Waals surface area contributed by atoms with Crippen molar-refractivity contribution in [3.8, 4) is 0 Å². The van der Waals surface area contributed by atoms with Gasteiger partial charge in [-0.2, -0.15) is 0 Å². The van der Waals surface area contributed by atoms with Gasteiger partial charge in [0, 0.05) is 13.2 Å². The van der Waals surface area contributed by atoms with Gasteiger partial charge in [0.2, 0.25) is 0 Å². The highest BCUT2D eigenvalue weighted by Gasteiger charge is 2.41. The molecular weight excluding hydrogens is 181 g/mol. The van der Waals surface area contributed by atoms with Crippen LogP contribution >= 0.6 is 0 Å². The molecule has 14 heavy (non-hydrogen) atoms. The largest absolute Gasteiger partial charge is 0.785 e. The average molecular weight is 198 g/mol. The Morgan fingerprint density at radius 3 is 2.57 bits per heavy atom. The van der Waals surface area contributed by atoms with Gasteiger partial charge in [-0.05, 0) is 25.7 Å². The highest BCUT2D eigenvalue weighted by atomic mass is 16.7. The Hall–Kier alpha value is -0.0951. The molecule has 0 saturated carbocycles. The van der Waals surface area contributed by atoms with Gasteiger partial charge < -0.3 is 19.7 Å². The van der Waals surface area contributed by atoms with Crippen molar-refractivity contribution in [1.82, 2.24) is 5.06 Å². The van der Waals surface area contributed by atoms with Crippen LogP contribution in [0.25, 0.3) is 0 Å². The molecule has 80 valence electrons. The Morgan fingerprint density at radius 1 is 1.64 bits per heavy atom. The number of hydrogen-bond donors (Lipinski definition) is 0. The number of likely N-dealkylation sites (N-methyl/N-ethyl adjacent to an activating group) is 1. The molecule has 0 aromatic carbocycles. The highest BCUT2D eigenvalue weighted by molar-refractivity contribution is 6.15. The van der Waals surface area contributed by atoms with Crippen molar-refractivity contribution >= 4 is 7.85 Å². The van der Waals surface area contributed by atoms with Gasteiger partial charge in [0.05, 0.1) is 14.0 Å². The van der Waals surface area contributed by atoms with E-state index in [4.69, 9.17) is 17.3 Å². The lowest BCUT2D eigenvalue weighted by Crippen LogP contribution is -2.53. The fourth-order valence-electron chi connectivity index (χ4n) is 2.23. The van der Waals surface area contributed by atoms with Crippen LogP contribution in [-0.2, 0) is 9.47 Å². The molecule has 4 unspecified atom stereocenters. The van der Waals surface area contributed by atoms with Crippen LogP contribution in [0.2, 0.25) is 5.31 Å². The fourth-order valence-corrected chi connectivity index (χ4v) is 2.23. The lowest BCUT2D eigenvalue weighted by atomic mass is 9.60. The monoisotopic (exact) mass is 198 g/mol. The van der Waals surface area contributed by atoms with Gasteiger partial charge in [0.25, 0.3) is 0 Å². The maximum Gasteiger partial charge on any atom is 0.157 e. The van der Waals surface area contributed by atoms with Crippen molar-refractivity contribution in [2.45, 2.75) is 44.0 Å². The third-order valence-corrected chi connectivity index (χ3v) is 2.75. The van der Waals surface area contributed by atoms with Gasteiger partial charge in [0.15, 0.2) is 6.29 Å². The van der Waals surface area contributed by atoms with E-state index in [1.54, 1.807) is 7.11 Å². The number of methoxy groups -OCH3 is 1. The van der Waals surface area contributed by atoms with Crippen LogP contribution in [0.5, 0.6) is 0 Å². The van der Waals surface area contributed by atoms with E-state index in [0.29, 0.717) is 6.42 Å². The molecule has 5 heteroatoms. The standard InChI is InChI=1S/C9H17BNO3/c1-6-8(11(3)12)9(2,10)5-7(13-4)14-6/h6-8H,5H2,1-4H3/q-1. The van der Waals surface area contributed by atoms with Crippen LogP contribution in [0.15, 0.2) is 0 Å². The summed E-state index contributed by atoms with van der Waals surface area (Å²) in [5.74, 6) is 0. The Morgan fingerprint density at radius 2 is 2.21 bits per heavy atom. The first kappa shape index (κ1) is 12.0. The van der Waals surface area contributed by atoms with E-state index < -0.39 is 5.31 Å². The SMILES string of the molecule is [B]C1(C)CC(OC)OC(C)C1N(C)[O-]. The van der Waals surface area contributed by atoms with Gasteiger partial charge in [0.1, 0.15) is 0 Å². The van der Waals surface area contributed by atoms with Crippen LogP contribution in [-0.4, -0.2) is 45.5 Å². The van der Waals surface area contributed by atoms with Crippen LogP contribution in [0, 0.1) is 5.21 Å². The van der Waals surface area contributed by atoms with Gasteiger partial charge in [-0.15, -0.1) is 0 Å². The summed E-state index contributed by atoms with van der Waals surface area (Å²) in [6, 6.07) is -0.325. The first-order valence-corrected chi connectivity index (χ1v) is 4.75. The molecule has 0 N–H and O–H groups in total. The molecule has 1 saturated heterocycles. The maximum atomic E-state index is 11.3. The molecule has 0 aliphatic carbocycles. The minimum Gasteiger partial charge on any atom is -0.785 e. The average Bonchev–Trinajstić information content (AvgIpc) is 1.99. The summed E-state index contributed by atoms with van der Waals surface area (Å²) in [4.78, 5) is 0. The topological polar surface area (TPSA) is 44.8 Å². The smallest absolute Gasteiger partial charge is 0.157 e. The molecule has 2 radical (unpaired) electrons. The van der Waals surface area contributed by atoms with Crippen LogP contribution in [0.3, 0.4) is 0 Å². The Kier molecular flexibility index (Phi) is 3.58. The molecule has 1 rings (SSSR count). The van der Waals surface area contributed by atoms with E-state index in [1.165, 1.54) is 7.05 Å². The van der Waals surface area contributed by atoms with Gasteiger partial charge >= 0.3 is 0 Å². The lowest BCUT2D eigenvalue weighted by Gasteiger charge is -2.52. The second kappa shape index (κ2) is 4.19. The van der Waals surface area contributed by atoms with E-state index in [0.717, 1.165) is 5.06 Å². The van der Waals surface area contributed by atoms with Crippen molar-refractivity contribution in [2.75, 3.05) is 14.2 Å². The van der Waals surface area contributed by atoms with E-state index in [2.05, 4.69) is 0 Å². The molecular formula is C9H17BNO3-. The minimum absolute atomic E-state index is 0.216. The Bertz CT molecular complexity index is 198. The molecule has 4 nitrogen and oxygen atoms in total. The van der Waals surface area contributed by atoms with Crippen molar-refractivity contribution in [2.24, 2.45) is 0 Å². The normalized spacial score (nSPS) is 44.3. The lowest BCUT2D eigenvalue weighted by molar-refractivity contribution is -0.202. The van der Waals surface area contributed by atoms with Crippen molar-refractivity contribution in [1.29, 1.82) is 0 Å². The Balaban J connectivity index is 2.77. The minimum atomic E-state index is -0.575. The molecule has 0 aromatic rings. The predicted octanol–water partition coefficient (Wildman–Crippen LogP) is 0.913. The van der Waals surface area contributed by atoms with E-state index >= 15 is 0 Å². The summed E-state index contributed by atoms with van der Waals surface area (Å²) in [5.41, 5.74) is 0. The molecule has 4 atom stereocenters. The van der Waals surface area contributed by atoms with Crippen molar-refractivity contribution in [3.63, 3.8) is 0 Å². The predicted molar refractivity (Wildman–Crippen MR) is 55.0 cm³/mol. The van der Waals surface area contributed by atoms with Crippen molar-refractivity contribution in [3.05, 3.63) is 5.21 Å². The molecule has 0 bridgehead atoms. The second-order valence-electron chi connectivity index (χ2n) is 4.21. The summed E-state index contributed by atoms with van der Waals surface area (Å²) in [6.07, 6.45) is 0.00727. The zero-order valence-electron chi connectivity index (χ0n) is 9.19. The van der Waals surface area contributed by atoms with Gasteiger partial charge in [-0.3, -0.25) is 0 Å². The fraction of sp³-hybridized carbons (Fsp3) is 1.00. The van der Waals surface area contributed by atoms with Gasteiger partial charge in [-0.25, -0.2) is 0 Å². The Labute approximate surface area is 86.5 Å². The molecule has 1 fully saturated rings. The summed E-state index contributed by atoms with van der Waals surface area (Å²) < 4.78 is 10.6. The van der Waals surface area contributed by atoms with Crippen molar-refractivity contribution < 1.29 is 9.47 Å². The maximum absolute atomic E-state index is 11.3. The zero-order valence-corrected chi connectivity index (χ0v) is 9.19. The first-order chi connectivity index (χ1) is 6.38. The molecule has 0 spiro atoms. The number of rotatable bonds is 2. The van der Waals surface area contributed by atoms with Crippen LogP contribution in [0.1, 0.15) is 20.3 Å². The molecule has 1 heterocycles. The second-order valence-corrected chi connectivity index (χ2v) is 4.21. The molecule has 1 aliphatic heterocycles. The summed E-state index contributed by atoms with van der Waals surface area (Å²) in [6.45, 7) is 3.70. The quantitative estimate of drug-likeness (QED) is 0.488. The van der Waals surface area contributed by atoms with E-state index in [1.807, 2.05) is 13.8 Å². The van der Waals surface area contributed by atoms with E-state index in [9.17, 15) is 5.21 Å². The number of ether oxygens (including phenoxy) is 2. The number of hydroxylamine groups is 2. The summed E-state index contributed by atoms with van der Waals surface area (Å²) in [5, 5.41) is 11.6. The third-order valence-electron chi connectivity index (χ3n) is 2.75. The summed E-state index contributed by atoms with van der Waals surface area (Å²) in [7, 11) is 9.13. The van der Waals surface area contributed by atoms with Crippen LogP contribution in [0.4, 0.5) is 0 Å². The number of hydrogen-bond acceptors (Lipinski definition) is 4. The first-order valence-electron chi connectivity index (χ1n) is 4.75. The van der Waals surface area contributed by atoms with Crippen LogP contribution < -0.4 is 0 Å². The highest BCUT2D eigenvalue weighted by Crippen LogP contribution is 2.42.